The van der Waals surface area contributed by atoms with E-state index in [9.17, 15) is 9.59 Å². The number of esters is 1. The third-order valence-electron chi connectivity index (χ3n) is 2.52. The topological polar surface area (TPSA) is 58.6 Å². The highest BCUT2D eigenvalue weighted by Crippen LogP contribution is 2.14. The lowest BCUT2D eigenvalue weighted by molar-refractivity contribution is -0.144. The first-order valence-electron chi connectivity index (χ1n) is 6.59. The molecule has 0 atom stereocenters. The van der Waals surface area contributed by atoms with E-state index in [1.807, 2.05) is 0 Å². The molecule has 0 aliphatic heterocycles. The van der Waals surface area contributed by atoms with E-state index in [0.717, 1.165) is 0 Å². The van der Waals surface area contributed by atoms with Crippen LogP contribution in [0, 0.1) is 0 Å². The molecule has 1 rings (SSSR count). The molecule has 0 fully saturated rings. The van der Waals surface area contributed by atoms with Gasteiger partial charge in [0.15, 0.2) is 0 Å². The molecule has 0 aromatic heterocycles. The molecule has 1 amide bonds. The maximum atomic E-state index is 12.0. The maximum absolute atomic E-state index is 12.0. The average Bonchev–Trinajstić information content (AvgIpc) is 2.38. The zero-order chi connectivity index (χ0) is 15.7. The number of hydrogen-bond acceptors (Lipinski definition) is 4. The molecule has 0 saturated carbocycles. The molecule has 0 unspecified atom stereocenters. The summed E-state index contributed by atoms with van der Waals surface area (Å²) in [5.74, 6) is -0.599. The van der Waals surface area contributed by atoms with E-state index < -0.39 is 0 Å². The highest BCUT2D eigenvalue weighted by atomic mass is 35.5. The van der Waals surface area contributed by atoms with Crippen LogP contribution < -0.4 is 5.32 Å². The van der Waals surface area contributed by atoms with E-state index in [1.54, 1.807) is 42.2 Å². The molecule has 21 heavy (non-hydrogen) atoms. The maximum Gasteiger partial charge on any atom is 0.320 e. The van der Waals surface area contributed by atoms with Gasteiger partial charge in [0.2, 0.25) is 5.91 Å². The van der Waals surface area contributed by atoms with Crippen LogP contribution in [0.15, 0.2) is 36.9 Å². The van der Waals surface area contributed by atoms with Gasteiger partial charge in [0, 0.05) is 17.3 Å². The molecular weight excluding hydrogens is 292 g/mol. The zero-order valence-corrected chi connectivity index (χ0v) is 12.7. The molecule has 0 radical (unpaired) electrons. The highest BCUT2D eigenvalue weighted by Gasteiger charge is 2.14. The van der Waals surface area contributed by atoms with Gasteiger partial charge >= 0.3 is 5.97 Å². The van der Waals surface area contributed by atoms with Crippen LogP contribution in [0.2, 0.25) is 5.02 Å². The molecule has 0 saturated heterocycles. The van der Waals surface area contributed by atoms with E-state index >= 15 is 0 Å². The van der Waals surface area contributed by atoms with E-state index in [2.05, 4.69) is 11.9 Å². The van der Waals surface area contributed by atoms with Crippen LogP contribution in [0.1, 0.15) is 6.92 Å². The van der Waals surface area contributed by atoms with Gasteiger partial charge in [-0.3, -0.25) is 14.5 Å². The van der Waals surface area contributed by atoms with Gasteiger partial charge in [0.25, 0.3) is 0 Å². The summed E-state index contributed by atoms with van der Waals surface area (Å²) >= 11 is 5.85. The Balaban J connectivity index is 2.55. The number of halogens is 1. The van der Waals surface area contributed by atoms with Crippen molar-refractivity contribution in [2.24, 2.45) is 0 Å². The number of rotatable bonds is 8. The van der Waals surface area contributed by atoms with Crippen LogP contribution in [0.5, 0.6) is 0 Å². The lowest BCUT2D eigenvalue weighted by atomic mass is 10.3. The number of nitrogens with zero attached hydrogens (tertiary/aromatic N) is 1. The van der Waals surface area contributed by atoms with Gasteiger partial charge in [-0.25, -0.2) is 0 Å². The largest absolute Gasteiger partial charge is 0.465 e. The predicted molar refractivity (Wildman–Crippen MR) is 83.4 cm³/mol. The van der Waals surface area contributed by atoms with Gasteiger partial charge in [-0.2, -0.15) is 0 Å². The summed E-state index contributed by atoms with van der Waals surface area (Å²) in [6.07, 6.45) is 1.63. The molecule has 114 valence electrons. The number of hydrogen-bond donors (Lipinski definition) is 1. The number of anilines is 1. The minimum absolute atomic E-state index is 0.0445. The number of carbonyl (C=O) groups excluding carboxylic acids is 2. The Morgan fingerprint density at radius 3 is 2.81 bits per heavy atom. The van der Waals surface area contributed by atoms with Gasteiger partial charge in [-0.05, 0) is 25.1 Å². The van der Waals surface area contributed by atoms with Crippen LogP contribution in [-0.2, 0) is 14.3 Å². The van der Waals surface area contributed by atoms with Crippen molar-refractivity contribution < 1.29 is 14.3 Å². The molecule has 1 N–H and O–H groups in total. The van der Waals surface area contributed by atoms with Crippen LogP contribution in [-0.4, -0.2) is 43.0 Å². The number of amides is 1. The first-order valence-corrected chi connectivity index (χ1v) is 6.97. The van der Waals surface area contributed by atoms with Gasteiger partial charge in [0.1, 0.15) is 0 Å². The van der Waals surface area contributed by atoms with Gasteiger partial charge in [-0.15, -0.1) is 6.58 Å². The number of benzene rings is 1. The second-order valence-electron chi connectivity index (χ2n) is 4.32. The third-order valence-corrected chi connectivity index (χ3v) is 2.76. The Morgan fingerprint density at radius 1 is 1.43 bits per heavy atom. The fourth-order valence-electron chi connectivity index (χ4n) is 1.73. The smallest absolute Gasteiger partial charge is 0.320 e. The highest BCUT2D eigenvalue weighted by molar-refractivity contribution is 6.30. The quantitative estimate of drug-likeness (QED) is 0.591. The number of nitrogens with one attached hydrogen (secondary N) is 1. The van der Waals surface area contributed by atoms with Crippen LogP contribution in [0.4, 0.5) is 5.69 Å². The normalized spacial score (nSPS) is 10.2. The Morgan fingerprint density at radius 2 is 2.19 bits per heavy atom. The summed E-state index contributed by atoms with van der Waals surface area (Å²) in [5.41, 5.74) is 0.613. The Bertz CT molecular complexity index is 505. The Labute approximate surface area is 129 Å². The summed E-state index contributed by atoms with van der Waals surface area (Å²) in [7, 11) is 0. The van der Waals surface area contributed by atoms with Crippen molar-refractivity contribution >= 4 is 29.2 Å². The van der Waals surface area contributed by atoms with E-state index in [4.69, 9.17) is 16.3 Å². The lowest BCUT2D eigenvalue weighted by Gasteiger charge is -2.19. The molecular formula is C15H19ClN2O3. The van der Waals surface area contributed by atoms with Crippen molar-refractivity contribution in [2.75, 3.05) is 31.6 Å². The van der Waals surface area contributed by atoms with E-state index in [1.165, 1.54) is 0 Å². The molecule has 0 aliphatic carbocycles. The fourth-order valence-corrected chi connectivity index (χ4v) is 1.92. The molecule has 1 aromatic rings. The summed E-state index contributed by atoms with van der Waals surface area (Å²) in [4.78, 5) is 25.1. The fraction of sp³-hybridized carbons (Fsp3) is 0.333. The minimum atomic E-state index is -0.366. The molecule has 0 heterocycles. The summed E-state index contributed by atoms with van der Waals surface area (Å²) < 4.78 is 4.87. The summed E-state index contributed by atoms with van der Waals surface area (Å²) in [6.45, 7) is 6.20. The molecule has 0 bridgehead atoms. The third kappa shape index (κ3) is 6.92. The molecule has 5 nitrogen and oxygen atoms in total. The van der Waals surface area contributed by atoms with E-state index in [-0.39, 0.29) is 25.0 Å². The van der Waals surface area contributed by atoms with Crippen molar-refractivity contribution in [3.63, 3.8) is 0 Å². The average molecular weight is 311 g/mol. The zero-order valence-electron chi connectivity index (χ0n) is 12.0. The van der Waals surface area contributed by atoms with Gasteiger partial charge in [-0.1, -0.05) is 23.7 Å². The predicted octanol–water partition coefficient (Wildman–Crippen LogP) is 2.33. The van der Waals surface area contributed by atoms with Gasteiger partial charge < -0.3 is 10.1 Å². The molecule has 6 heteroatoms. The molecule has 0 aliphatic rings. The van der Waals surface area contributed by atoms with Crippen molar-refractivity contribution in [3.8, 4) is 0 Å². The monoisotopic (exact) mass is 310 g/mol. The summed E-state index contributed by atoms with van der Waals surface area (Å²) in [6, 6.07) is 6.87. The number of carbonyl (C=O) groups is 2. The Kier molecular flexibility index (Phi) is 7.50. The second-order valence-corrected chi connectivity index (χ2v) is 4.76. The minimum Gasteiger partial charge on any atom is -0.465 e. The number of ether oxygens (including phenoxy) is 1. The van der Waals surface area contributed by atoms with Crippen molar-refractivity contribution in [1.82, 2.24) is 4.90 Å². The second kappa shape index (κ2) is 9.15. The van der Waals surface area contributed by atoms with Crippen molar-refractivity contribution in [1.29, 1.82) is 0 Å². The lowest BCUT2D eigenvalue weighted by Crippen LogP contribution is -2.37. The Hall–Kier alpha value is -1.85. The molecule has 1 aromatic carbocycles. The van der Waals surface area contributed by atoms with Gasteiger partial charge in [0.05, 0.1) is 19.7 Å². The van der Waals surface area contributed by atoms with Crippen LogP contribution >= 0.6 is 11.6 Å². The van der Waals surface area contributed by atoms with Crippen LogP contribution in [0.3, 0.4) is 0 Å². The standard InChI is InChI=1S/C15H19ClN2O3/c1-3-8-18(11-15(20)21-4-2)10-14(19)17-13-7-5-6-12(16)9-13/h3,5-7,9H,1,4,8,10-11H2,2H3,(H,17,19). The van der Waals surface area contributed by atoms with Crippen molar-refractivity contribution in [3.05, 3.63) is 41.9 Å². The van der Waals surface area contributed by atoms with E-state index in [0.29, 0.717) is 23.9 Å². The first kappa shape index (κ1) is 17.2. The van der Waals surface area contributed by atoms with Crippen molar-refractivity contribution in [2.45, 2.75) is 6.92 Å². The molecule has 0 spiro atoms. The first-order chi connectivity index (χ1) is 10.0. The SMILES string of the molecule is C=CCN(CC(=O)Nc1cccc(Cl)c1)CC(=O)OCC. The summed E-state index contributed by atoms with van der Waals surface area (Å²) in [5, 5.41) is 3.27. The van der Waals surface area contributed by atoms with Crippen LogP contribution in [0.25, 0.3) is 0 Å².